The molecule has 3 N–H and O–H groups in total. The number of carbonyl (C=O) groups excluding carboxylic acids is 2. The van der Waals surface area contributed by atoms with Gasteiger partial charge in [0.15, 0.2) is 0 Å². The van der Waals surface area contributed by atoms with Gasteiger partial charge in [-0.05, 0) is 52.5 Å². The highest BCUT2D eigenvalue weighted by Gasteiger charge is 2.52. The molecule has 1 aromatic rings. The van der Waals surface area contributed by atoms with Crippen molar-refractivity contribution < 1.29 is 28.9 Å². The molecule has 0 unspecified atom stereocenters. The number of aryl methyl sites for hydroxylation is 1. The summed E-state index contributed by atoms with van der Waals surface area (Å²) in [5.74, 6) is -2.05. The number of thiazole rings is 1. The lowest BCUT2D eigenvalue weighted by Crippen LogP contribution is -2.54. The Balaban J connectivity index is 1.87. The van der Waals surface area contributed by atoms with E-state index in [1.54, 1.807) is 19.2 Å². The summed E-state index contributed by atoms with van der Waals surface area (Å²) in [6.07, 6.45) is 2.52. The summed E-state index contributed by atoms with van der Waals surface area (Å²) >= 11 is 1.41. The maximum Gasteiger partial charge on any atom is 0.223 e. The van der Waals surface area contributed by atoms with Gasteiger partial charge >= 0.3 is 0 Å². The number of nitrogens with zero attached hydrogens (tertiary/aromatic N) is 1. The molecule has 0 saturated heterocycles. The molecule has 1 amide bonds. The number of hydrogen-bond donors (Lipinski definition) is 3. The molecule has 1 spiro atoms. The van der Waals surface area contributed by atoms with Gasteiger partial charge in [0.05, 0.1) is 53.5 Å². The molecule has 7 nitrogen and oxygen atoms in total. The van der Waals surface area contributed by atoms with Crippen molar-refractivity contribution in [2.24, 2.45) is 11.3 Å². The van der Waals surface area contributed by atoms with Crippen LogP contribution in [-0.2, 0) is 14.3 Å². The van der Waals surface area contributed by atoms with Crippen LogP contribution >= 0.6 is 11.3 Å². The molecule has 35 heavy (non-hydrogen) atoms. The number of aromatic nitrogens is 1. The van der Waals surface area contributed by atoms with E-state index in [9.17, 15) is 19.8 Å². The molecule has 0 aromatic carbocycles. The molecule has 1 fully saturated rings. The summed E-state index contributed by atoms with van der Waals surface area (Å²) in [5, 5.41) is 27.0. The van der Waals surface area contributed by atoms with Gasteiger partial charge in [-0.15, -0.1) is 11.3 Å². The zero-order valence-electron chi connectivity index (χ0n) is 20.9. The zero-order chi connectivity index (χ0) is 25.8. The minimum Gasteiger partial charge on any atom is -0.392 e. The van der Waals surface area contributed by atoms with Crippen LogP contribution in [0.1, 0.15) is 70.0 Å². The average Bonchev–Trinajstić information content (AvgIpc) is 3.18. The fourth-order valence-corrected chi connectivity index (χ4v) is 5.37. The summed E-state index contributed by atoms with van der Waals surface area (Å²) in [6, 6.07) is -0.923. The Labute approximate surface area is 210 Å². The molecular weight excluding hydrogens is 471 g/mol. The molecule has 1 aliphatic carbocycles. The number of hydrogen-bond acceptors (Lipinski definition) is 7. The summed E-state index contributed by atoms with van der Waals surface area (Å²) in [4.78, 5) is 30.5. The van der Waals surface area contributed by atoms with Gasteiger partial charge in [-0.1, -0.05) is 25.0 Å². The van der Waals surface area contributed by atoms with E-state index in [4.69, 9.17) is 4.74 Å². The van der Waals surface area contributed by atoms with Crippen LogP contribution < -0.4 is 5.32 Å². The Morgan fingerprint density at radius 1 is 1.29 bits per heavy atom. The molecule has 1 saturated carbocycles. The number of aliphatic hydroxyl groups is 2. The molecule has 0 radical (unpaired) electrons. The van der Waals surface area contributed by atoms with Crippen molar-refractivity contribution in [3.63, 3.8) is 0 Å². The molecule has 194 valence electrons. The monoisotopic (exact) mass is 508 g/mol. The standard InChI is InChI=1S/C26H37FN2O5S/c1-15-6-7-21(20(27)12-19-14-35-18(4)28-19)29-23(31)13-22(30)26(9-5-10-26)25(33)16(2)24(32)17(3)34-11-8-15/h6,12,14,16-17,21-22,24,30,32H,5,7-11,13H2,1-4H3,(H,29,31)/b15-6-,20-12-/t16-,17-,21+,22+,24+/m1/s1. The van der Waals surface area contributed by atoms with E-state index in [1.165, 1.54) is 17.4 Å². The van der Waals surface area contributed by atoms with Crippen LogP contribution in [0.4, 0.5) is 4.39 Å². The Bertz CT molecular complexity index is 971. The Hall–Kier alpha value is -1.94. The maximum atomic E-state index is 15.2. The van der Waals surface area contributed by atoms with Crippen LogP contribution in [0.25, 0.3) is 6.08 Å². The molecule has 2 aliphatic rings. The summed E-state index contributed by atoms with van der Waals surface area (Å²) in [5.41, 5.74) is 0.363. The van der Waals surface area contributed by atoms with Crippen molar-refractivity contribution >= 4 is 29.1 Å². The van der Waals surface area contributed by atoms with E-state index in [-0.39, 0.29) is 18.6 Å². The van der Waals surface area contributed by atoms with Gasteiger partial charge < -0.3 is 20.3 Å². The van der Waals surface area contributed by atoms with E-state index in [0.29, 0.717) is 31.6 Å². The van der Waals surface area contributed by atoms with Crippen molar-refractivity contribution in [1.29, 1.82) is 0 Å². The Kier molecular flexibility index (Phi) is 9.37. The quantitative estimate of drug-likeness (QED) is 0.523. The number of nitrogens with one attached hydrogen (secondary N) is 1. The Morgan fingerprint density at radius 2 is 2.00 bits per heavy atom. The van der Waals surface area contributed by atoms with Gasteiger partial charge in [0.2, 0.25) is 5.91 Å². The first kappa shape index (κ1) is 27.6. The van der Waals surface area contributed by atoms with Gasteiger partial charge in [-0.25, -0.2) is 9.37 Å². The SMILES string of the molecule is C/C1=C/C[C@@H](/C(F)=C/c2csc(C)n2)NC(=O)C[C@H](O)C2(CCC2)C(=O)[C@H](C)[C@H](O)[C@@H](C)OCC1. The molecule has 3 rings (SSSR count). The van der Waals surface area contributed by atoms with Crippen molar-refractivity contribution in [1.82, 2.24) is 10.3 Å². The molecule has 5 atom stereocenters. The molecule has 1 aliphatic heterocycles. The topological polar surface area (TPSA) is 109 Å². The summed E-state index contributed by atoms with van der Waals surface area (Å²) < 4.78 is 21.0. The van der Waals surface area contributed by atoms with Crippen molar-refractivity contribution in [3.8, 4) is 0 Å². The predicted molar refractivity (Wildman–Crippen MR) is 133 cm³/mol. The van der Waals surface area contributed by atoms with Gasteiger partial charge in [-0.3, -0.25) is 9.59 Å². The van der Waals surface area contributed by atoms with E-state index in [0.717, 1.165) is 17.0 Å². The number of amides is 1. The van der Waals surface area contributed by atoms with Crippen LogP contribution in [0, 0.1) is 18.3 Å². The molecule has 2 heterocycles. The van der Waals surface area contributed by atoms with Gasteiger partial charge in [0.1, 0.15) is 11.6 Å². The highest BCUT2D eigenvalue weighted by molar-refractivity contribution is 7.09. The van der Waals surface area contributed by atoms with E-state index < -0.39 is 47.4 Å². The zero-order valence-corrected chi connectivity index (χ0v) is 21.7. The summed E-state index contributed by atoms with van der Waals surface area (Å²) in [6.45, 7) is 7.44. The fraction of sp³-hybridized carbons (Fsp3) is 0.654. The second-order valence-corrected chi connectivity index (χ2v) is 11.0. The highest BCUT2D eigenvalue weighted by atomic mass is 32.1. The number of rotatable bonds is 2. The van der Waals surface area contributed by atoms with Crippen LogP contribution in [0.2, 0.25) is 0 Å². The van der Waals surface area contributed by atoms with Crippen LogP contribution in [-0.4, -0.2) is 57.8 Å². The van der Waals surface area contributed by atoms with Crippen LogP contribution in [0.15, 0.2) is 22.9 Å². The number of halogens is 1. The number of Topliss-reactive ketones (excluding diaryl/α,β-unsaturated/α-hetero) is 1. The summed E-state index contributed by atoms with van der Waals surface area (Å²) in [7, 11) is 0. The number of ether oxygens (including phenoxy) is 1. The molecule has 0 bridgehead atoms. The van der Waals surface area contributed by atoms with E-state index in [1.807, 2.05) is 19.9 Å². The first-order chi connectivity index (χ1) is 16.5. The van der Waals surface area contributed by atoms with Gasteiger partial charge in [0.25, 0.3) is 0 Å². The second-order valence-electron chi connectivity index (χ2n) is 9.93. The third kappa shape index (κ3) is 6.64. The predicted octanol–water partition coefficient (Wildman–Crippen LogP) is 3.88. The number of aliphatic hydroxyl groups excluding tert-OH is 2. The normalized spacial score (nSPS) is 33.1. The number of carbonyl (C=O) groups is 2. The fourth-order valence-electron chi connectivity index (χ4n) is 4.80. The molecule has 1 aromatic heterocycles. The molecule has 9 heteroatoms. The van der Waals surface area contributed by atoms with E-state index in [2.05, 4.69) is 10.3 Å². The Morgan fingerprint density at radius 3 is 2.60 bits per heavy atom. The number of ketones is 1. The smallest absolute Gasteiger partial charge is 0.223 e. The lowest BCUT2D eigenvalue weighted by molar-refractivity contribution is -0.157. The minimum absolute atomic E-state index is 0.221. The van der Waals surface area contributed by atoms with Crippen LogP contribution in [0.5, 0.6) is 0 Å². The first-order valence-electron chi connectivity index (χ1n) is 12.3. The minimum atomic E-state index is -1.21. The molecular formula is C26H37FN2O5S. The second kappa shape index (κ2) is 11.9. The first-order valence-corrected chi connectivity index (χ1v) is 13.2. The lowest BCUT2D eigenvalue weighted by Gasteiger charge is -2.46. The van der Waals surface area contributed by atoms with Crippen molar-refractivity contribution in [3.05, 3.63) is 33.6 Å². The van der Waals surface area contributed by atoms with Crippen molar-refractivity contribution in [2.75, 3.05) is 6.61 Å². The van der Waals surface area contributed by atoms with Gasteiger partial charge in [-0.2, -0.15) is 0 Å². The third-order valence-electron chi connectivity index (χ3n) is 7.33. The van der Waals surface area contributed by atoms with E-state index >= 15 is 4.39 Å². The highest BCUT2D eigenvalue weighted by Crippen LogP contribution is 2.48. The van der Waals surface area contributed by atoms with Crippen LogP contribution in [0.3, 0.4) is 0 Å². The van der Waals surface area contributed by atoms with Gasteiger partial charge in [0, 0.05) is 11.3 Å². The maximum absolute atomic E-state index is 15.2. The average molecular weight is 509 g/mol. The van der Waals surface area contributed by atoms with Crippen molar-refractivity contribution in [2.45, 2.75) is 90.6 Å². The third-order valence-corrected chi connectivity index (χ3v) is 8.12. The lowest BCUT2D eigenvalue weighted by atomic mass is 9.59. The largest absolute Gasteiger partial charge is 0.392 e.